The van der Waals surface area contributed by atoms with Gasteiger partial charge in [0.25, 0.3) is 0 Å². The average molecular weight is 355 g/mol. The fraction of sp³-hybridized carbons (Fsp3) is 0.591. The lowest BCUT2D eigenvalue weighted by Crippen LogP contribution is -2.41. The summed E-state index contributed by atoms with van der Waals surface area (Å²) in [5.41, 5.74) is 1.43. The molecule has 1 saturated heterocycles. The van der Waals surface area contributed by atoms with Gasteiger partial charge in [0.05, 0.1) is 0 Å². The van der Waals surface area contributed by atoms with Gasteiger partial charge in [0.1, 0.15) is 5.82 Å². The minimum absolute atomic E-state index is 0.539. The number of hydrogen-bond donors (Lipinski definition) is 0. The Bertz CT molecular complexity index is 643. The lowest BCUT2D eigenvalue weighted by Gasteiger charge is -2.35. The SMILES string of the molecule is CCc1nccn1CC(C)N(C)CC1CCN(Cc2ccccc2)CC1. The van der Waals surface area contributed by atoms with Gasteiger partial charge >= 0.3 is 0 Å². The van der Waals surface area contributed by atoms with E-state index in [0.29, 0.717) is 6.04 Å². The van der Waals surface area contributed by atoms with Gasteiger partial charge in [0.15, 0.2) is 0 Å². The monoisotopic (exact) mass is 354 g/mol. The van der Waals surface area contributed by atoms with E-state index in [9.17, 15) is 0 Å². The molecule has 0 amide bonds. The van der Waals surface area contributed by atoms with Crippen molar-refractivity contribution in [2.45, 2.75) is 52.2 Å². The Morgan fingerprint density at radius 2 is 1.92 bits per heavy atom. The van der Waals surface area contributed by atoms with E-state index < -0.39 is 0 Å². The number of hydrogen-bond acceptors (Lipinski definition) is 3. The summed E-state index contributed by atoms with van der Waals surface area (Å²) in [5.74, 6) is 2.02. The van der Waals surface area contributed by atoms with Crippen LogP contribution in [0.4, 0.5) is 0 Å². The summed E-state index contributed by atoms with van der Waals surface area (Å²) in [6.45, 7) is 10.3. The van der Waals surface area contributed by atoms with Gasteiger partial charge in [-0.2, -0.15) is 0 Å². The zero-order valence-electron chi connectivity index (χ0n) is 16.6. The number of likely N-dealkylation sites (N-methyl/N-ethyl adjacent to an activating group) is 1. The minimum atomic E-state index is 0.539. The molecule has 0 N–H and O–H groups in total. The molecule has 2 heterocycles. The molecule has 0 saturated carbocycles. The van der Waals surface area contributed by atoms with E-state index in [-0.39, 0.29) is 0 Å². The number of likely N-dealkylation sites (tertiary alicyclic amines) is 1. The molecule has 0 bridgehead atoms. The van der Waals surface area contributed by atoms with Crippen LogP contribution < -0.4 is 0 Å². The Balaban J connectivity index is 1.42. The summed E-state index contributed by atoms with van der Waals surface area (Å²) in [6, 6.07) is 11.4. The molecule has 1 fully saturated rings. The highest BCUT2D eigenvalue weighted by Gasteiger charge is 2.22. The van der Waals surface area contributed by atoms with E-state index in [1.807, 2.05) is 6.20 Å². The van der Waals surface area contributed by atoms with Crippen LogP contribution in [0.2, 0.25) is 0 Å². The number of nitrogens with zero attached hydrogens (tertiary/aromatic N) is 4. The van der Waals surface area contributed by atoms with Gasteiger partial charge in [0.2, 0.25) is 0 Å². The summed E-state index contributed by atoms with van der Waals surface area (Å²) in [5, 5.41) is 0. The van der Waals surface area contributed by atoms with Crippen LogP contribution in [0.15, 0.2) is 42.7 Å². The highest BCUT2D eigenvalue weighted by molar-refractivity contribution is 5.14. The van der Waals surface area contributed by atoms with E-state index in [2.05, 4.69) is 76.8 Å². The molecule has 3 rings (SSSR count). The molecule has 4 heteroatoms. The second kappa shape index (κ2) is 9.33. The first-order chi connectivity index (χ1) is 12.7. The highest BCUT2D eigenvalue weighted by atomic mass is 15.2. The van der Waals surface area contributed by atoms with Gasteiger partial charge in [-0.25, -0.2) is 4.98 Å². The lowest BCUT2D eigenvalue weighted by molar-refractivity contribution is 0.130. The molecule has 0 spiro atoms. The topological polar surface area (TPSA) is 24.3 Å². The predicted molar refractivity (Wildman–Crippen MR) is 108 cm³/mol. The second-order valence-electron chi connectivity index (χ2n) is 7.84. The summed E-state index contributed by atoms with van der Waals surface area (Å²) < 4.78 is 2.31. The van der Waals surface area contributed by atoms with Crippen LogP contribution in [-0.2, 0) is 19.5 Å². The molecule has 0 aliphatic carbocycles. The summed E-state index contributed by atoms with van der Waals surface area (Å²) in [6.07, 6.45) is 7.67. The first-order valence-corrected chi connectivity index (χ1v) is 10.1. The van der Waals surface area contributed by atoms with Crippen LogP contribution in [-0.4, -0.2) is 52.1 Å². The van der Waals surface area contributed by atoms with Crippen molar-refractivity contribution in [2.24, 2.45) is 5.92 Å². The van der Waals surface area contributed by atoms with Crippen molar-refractivity contribution in [3.8, 4) is 0 Å². The minimum Gasteiger partial charge on any atom is -0.333 e. The largest absolute Gasteiger partial charge is 0.333 e. The van der Waals surface area contributed by atoms with Crippen molar-refractivity contribution in [2.75, 3.05) is 26.7 Å². The number of aryl methyl sites for hydroxylation is 1. The first kappa shape index (κ1) is 19.1. The Morgan fingerprint density at radius 3 is 2.62 bits per heavy atom. The second-order valence-corrected chi connectivity index (χ2v) is 7.84. The molecule has 142 valence electrons. The highest BCUT2D eigenvalue weighted by Crippen LogP contribution is 2.20. The average Bonchev–Trinajstić information content (AvgIpc) is 3.11. The number of piperidine rings is 1. The molecular weight excluding hydrogens is 320 g/mol. The molecule has 4 nitrogen and oxygen atoms in total. The summed E-state index contributed by atoms with van der Waals surface area (Å²) in [4.78, 5) is 9.59. The van der Waals surface area contributed by atoms with Crippen LogP contribution in [0, 0.1) is 5.92 Å². The van der Waals surface area contributed by atoms with Gasteiger partial charge in [-0.15, -0.1) is 0 Å². The van der Waals surface area contributed by atoms with E-state index in [0.717, 1.165) is 25.4 Å². The normalized spacial score (nSPS) is 17.7. The first-order valence-electron chi connectivity index (χ1n) is 10.1. The molecular formula is C22H34N4. The quantitative estimate of drug-likeness (QED) is 0.723. The number of benzene rings is 1. The van der Waals surface area contributed by atoms with Crippen LogP contribution in [0.3, 0.4) is 0 Å². The molecule has 1 unspecified atom stereocenters. The zero-order valence-corrected chi connectivity index (χ0v) is 16.6. The number of imidazole rings is 1. The van der Waals surface area contributed by atoms with Gasteiger partial charge in [-0.3, -0.25) is 4.90 Å². The third kappa shape index (κ3) is 5.18. The molecule has 1 aliphatic rings. The summed E-state index contributed by atoms with van der Waals surface area (Å²) in [7, 11) is 2.28. The zero-order chi connectivity index (χ0) is 18.4. The number of rotatable bonds is 8. The smallest absolute Gasteiger partial charge is 0.108 e. The molecule has 1 aliphatic heterocycles. The van der Waals surface area contributed by atoms with E-state index in [1.165, 1.54) is 43.9 Å². The van der Waals surface area contributed by atoms with Crippen molar-refractivity contribution >= 4 is 0 Å². The summed E-state index contributed by atoms with van der Waals surface area (Å²) >= 11 is 0. The Kier molecular flexibility index (Phi) is 6.86. The molecule has 26 heavy (non-hydrogen) atoms. The fourth-order valence-electron chi connectivity index (χ4n) is 4.00. The van der Waals surface area contributed by atoms with Gasteiger partial charge in [0, 0.05) is 44.5 Å². The molecule has 0 radical (unpaired) electrons. The van der Waals surface area contributed by atoms with Crippen molar-refractivity contribution in [1.82, 2.24) is 19.4 Å². The lowest BCUT2D eigenvalue weighted by atomic mass is 9.95. The maximum absolute atomic E-state index is 4.44. The Morgan fingerprint density at radius 1 is 1.19 bits per heavy atom. The third-order valence-corrected chi connectivity index (χ3v) is 5.83. The van der Waals surface area contributed by atoms with Crippen LogP contribution in [0.25, 0.3) is 0 Å². The van der Waals surface area contributed by atoms with Crippen LogP contribution in [0.1, 0.15) is 38.1 Å². The Labute approximate surface area is 158 Å². The van der Waals surface area contributed by atoms with Gasteiger partial charge < -0.3 is 9.47 Å². The maximum Gasteiger partial charge on any atom is 0.108 e. The standard InChI is InChI=1S/C22H34N4/c1-4-22-23-12-15-26(22)16-19(2)24(3)17-21-10-13-25(14-11-21)18-20-8-6-5-7-9-20/h5-9,12,15,19,21H,4,10-11,13-14,16-18H2,1-3H3. The number of aromatic nitrogens is 2. The van der Waals surface area contributed by atoms with Gasteiger partial charge in [-0.05, 0) is 51.4 Å². The van der Waals surface area contributed by atoms with Crippen molar-refractivity contribution in [3.05, 3.63) is 54.1 Å². The van der Waals surface area contributed by atoms with Crippen molar-refractivity contribution in [3.63, 3.8) is 0 Å². The molecule has 1 aromatic heterocycles. The molecule has 2 aromatic rings. The maximum atomic E-state index is 4.44. The van der Waals surface area contributed by atoms with Crippen molar-refractivity contribution in [1.29, 1.82) is 0 Å². The van der Waals surface area contributed by atoms with Crippen molar-refractivity contribution < 1.29 is 0 Å². The molecule has 1 atom stereocenters. The Hall–Kier alpha value is -1.65. The third-order valence-electron chi connectivity index (χ3n) is 5.83. The van der Waals surface area contributed by atoms with E-state index in [4.69, 9.17) is 0 Å². The molecule has 1 aromatic carbocycles. The predicted octanol–water partition coefficient (Wildman–Crippen LogP) is 3.68. The van der Waals surface area contributed by atoms with Crippen LogP contribution in [0.5, 0.6) is 0 Å². The van der Waals surface area contributed by atoms with Gasteiger partial charge in [-0.1, -0.05) is 37.3 Å². The van der Waals surface area contributed by atoms with E-state index in [1.54, 1.807) is 0 Å². The van der Waals surface area contributed by atoms with Crippen LogP contribution >= 0.6 is 0 Å². The van der Waals surface area contributed by atoms with E-state index >= 15 is 0 Å². The fourth-order valence-corrected chi connectivity index (χ4v) is 4.00.